The van der Waals surface area contributed by atoms with Gasteiger partial charge in [-0.25, -0.2) is 13.8 Å². The zero-order valence-corrected chi connectivity index (χ0v) is 21.9. The van der Waals surface area contributed by atoms with Crippen LogP contribution in [0.25, 0.3) is 28.0 Å². The van der Waals surface area contributed by atoms with E-state index in [1.165, 1.54) is 29.5 Å². The highest BCUT2D eigenvalue weighted by Gasteiger charge is 2.20. The van der Waals surface area contributed by atoms with Gasteiger partial charge in [-0.1, -0.05) is 18.2 Å². The van der Waals surface area contributed by atoms with Crippen LogP contribution in [0, 0.1) is 18.6 Å². The maximum absolute atomic E-state index is 14.9. The third kappa shape index (κ3) is 5.27. The van der Waals surface area contributed by atoms with Crippen LogP contribution in [0.2, 0.25) is 0 Å². The summed E-state index contributed by atoms with van der Waals surface area (Å²) in [6.07, 6.45) is 0. The Labute approximate surface area is 226 Å². The molecule has 11 heteroatoms. The Kier molecular flexibility index (Phi) is 7.44. The molecule has 3 aromatic heterocycles. The van der Waals surface area contributed by atoms with Gasteiger partial charge in [-0.2, -0.15) is 4.98 Å². The molecule has 3 N–H and O–H groups in total. The molecule has 1 amide bonds. The van der Waals surface area contributed by atoms with Crippen molar-refractivity contribution in [2.45, 2.75) is 6.92 Å². The summed E-state index contributed by atoms with van der Waals surface area (Å²) in [7, 11) is 1.80. The van der Waals surface area contributed by atoms with E-state index in [0.29, 0.717) is 40.3 Å². The second-order valence-electron chi connectivity index (χ2n) is 8.70. The number of anilines is 2. The summed E-state index contributed by atoms with van der Waals surface area (Å²) in [6, 6.07) is 15.1. The molecule has 0 radical (unpaired) electrons. The molecule has 8 nitrogen and oxygen atoms in total. The summed E-state index contributed by atoms with van der Waals surface area (Å²) in [4.78, 5) is 35.5. The average molecular weight is 547 g/mol. The fourth-order valence-electron chi connectivity index (χ4n) is 4.17. The standard InChI is InChI=1S/C28H24F2N6O2S/c1-16-8-9-17(33-27(38)22-7-4-14-39-22)15-19(16)24-18-10-11-23(37)36(25-20(29)5-3-6-21(25)30)26(18)35-28(34-24)32-13-12-31-2/h3-11,14-15,31H,12-13H2,1-2H3,(H,33,38)(H,32,34,35). The number of pyridine rings is 1. The van der Waals surface area contributed by atoms with Crippen LogP contribution in [0.1, 0.15) is 15.2 Å². The number of hydrogen-bond donors (Lipinski definition) is 3. The van der Waals surface area contributed by atoms with Gasteiger partial charge < -0.3 is 16.0 Å². The number of carbonyl (C=O) groups is 1. The fourth-order valence-corrected chi connectivity index (χ4v) is 4.79. The van der Waals surface area contributed by atoms with Gasteiger partial charge in [0.1, 0.15) is 17.3 Å². The van der Waals surface area contributed by atoms with Crippen molar-refractivity contribution >= 4 is 39.9 Å². The Balaban J connectivity index is 1.72. The Morgan fingerprint density at radius 1 is 1.00 bits per heavy atom. The number of hydrogen-bond acceptors (Lipinski definition) is 7. The van der Waals surface area contributed by atoms with Gasteiger partial charge in [0, 0.05) is 35.8 Å². The van der Waals surface area contributed by atoms with Gasteiger partial charge in [-0.3, -0.25) is 14.2 Å². The van der Waals surface area contributed by atoms with Gasteiger partial charge in [0.25, 0.3) is 11.5 Å². The first-order chi connectivity index (χ1) is 18.9. The molecule has 0 aliphatic rings. The molecule has 0 unspecified atom stereocenters. The predicted octanol–water partition coefficient (Wildman–Crippen LogP) is 4.98. The summed E-state index contributed by atoms with van der Waals surface area (Å²) in [5, 5.41) is 11.2. The SMILES string of the molecule is CNCCNc1nc(-c2cc(NC(=O)c3cccs3)ccc2C)c2ccc(=O)n(-c3c(F)cccc3F)c2n1. The molecule has 0 saturated carbocycles. The minimum Gasteiger partial charge on any atom is -0.353 e. The van der Waals surface area contributed by atoms with Crippen LogP contribution in [0.5, 0.6) is 0 Å². The van der Waals surface area contributed by atoms with Crippen molar-refractivity contribution in [3.8, 4) is 16.9 Å². The molecule has 39 heavy (non-hydrogen) atoms. The maximum atomic E-state index is 14.9. The molecule has 5 rings (SSSR count). The van der Waals surface area contributed by atoms with E-state index in [-0.39, 0.29) is 17.5 Å². The molecule has 0 aliphatic heterocycles. The summed E-state index contributed by atoms with van der Waals surface area (Å²) < 4.78 is 30.7. The maximum Gasteiger partial charge on any atom is 0.265 e. The fraction of sp³-hybridized carbons (Fsp3) is 0.143. The lowest BCUT2D eigenvalue weighted by Crippen LogP contribution is -2.22. The van der Waals surface area contributed by atoms with Crippen molar-refractivity contribution in [1.82, 2.24) is 19.9 Å². The Bertz CT molecular complexity index is 1720. The topological polar surface area (TPSA) is 101 Å². The van der Waals surface area contributed by atoms with Crippen molar-refractivity contribution in [1.29, 1.82) is 0 Å². The first-order valence-corrected chi connectivity index (χ1v) is 13.0. The number of amides is 1. The predicted molar refractivity (Wildman–Crippen MR) is 150 cm³/mol. The average Bonchev–Trinajstić information content (AvgIpc) is 3.46. The second kappa shape index (κ2) is 11.1. The molecular weight excluding hydrogens is 522 g/mol. The Morgan fingerprint density at radius 3 is 2.51 bits per heavy atom. The highest BCUT2D eigenvalue weighted by atomic mass is 32.1. The van der Waals surface area contributed by atoms with E-state index in [4.69, 9.17) is 4.98 Å². The first kappa shape index (κ1) is 26.1. The van der Waals surface area contributed by atoms with Gasteiger partial charge >= 0.3 is 0 Å². The number of aryl methyl sites for hydroxylation is 1. The lowest BCUT2D eigenvalue weighted by molar-refractivity contribution is 0.103. The molecule has 0 atom stereocenters. The monoisotopic (exact) mass is 546 g/mol. The number of thiophene rings is 1. The minimum atomic E-state index is -0.899. The normalized spacial score (nSPS) is 11.1. The van der Waals surface area contributed by atoms with Crippen LogP contribution >= 0.6 is 11.3 Å². The second-order valence-corrected chi connectivity index (χ2v) is 9.65. The lowest BCUT2D eigenvalue weighted by Gasteiger charge is -2.16. The van der Waals surface area contributed by atoms with Crippen molar-refractivity contribution in [2.24, 2.45) is 0 Å². The molecule has 5 aromatic rings. The van der Waals surface area contributed by atoms with Gasteiger partial charge in [0.05, 0.1) is 10.6 Å². The van der Waals surface area contributed by atoms with Crippen LogP contribution in [-0.2, 0) is 0 Å². The van der Waals surface area contributed by atoms with Gasteiger partial charge in [-0.05, 0) is 61.3 Å². The van der Waals surface area contributed by atoms with Gasteiger partial charge in [-0.15, -0.1) is 11.3 Å². The molecule has 2 aromatic carbocycles. The minimum absolute atomic E-state index is 0.0379. The van der Waals surface area contributed by atoms with Crippen molar-refractivity contribution in [3.05, 3.63) is 98.5 Å². The number of aromatic nitrogens is 3. The first-order valence-electron chi connectivity index (χ1n) is 12.1. The lowest BCUT2D eigenvalue weighted by atomic mass is 10.0. The molecule has 0 bridgehead atoms. The van der Waals surface area contributed by atoms with E-state index in [9.17, 15) is 18.4 Å². The van der Waals surface area contributed by atoms with Crippen molar-refractivity contribution in [3.63, 3.8) is 0 Å². The van der Waals surface area contributed by atoms with E-state index in [1.54, 1.807) is 31.3 Å². The van der Waals surface area contributed by atoms with E-state index in [1.807, 2.05) is 18.4 Å². The molecule has 0 fully saturated rings. The number of para-hydroxylation sites is 1. The number of nitrogens with one attached hydrogen (secondary N) is 3. The largest absolute Gasteiger partial charge is 0.353 e. The van der Waals surface area contributed by atoms with Crippen LogP contribution in [0.4, 0.5) is 20.4 Å². The molecular formula is C28H24F2N6O2S. The number of benzene rings is 2. The number of rotatable bonds is 8. The third-order valence-corrected chi connectivity index (χ3v) is 6.93. The summed E-state index contributed by atoms with van der Waals surface area (Å²) in [6.45, 7) is 2.95. The summed E-state index contributed by atoms with van der Waals surface area (Å²) >= 11 is 1.33. The third-order valence-electron chi connectivity index (χ3n) is 6.07. The van der Waals surface area contributed by atoms with E-state index >= 15 is 0 Å². The van der Waals surface area contributed by atoms with Crippen molar-refractivity contribution < 1.29 is 13.6 Å². The van der Waals surface area contributed by atoms with Crippen LogP contribution in [0.3, 0.4) is 0 Å². The smallest absolute Gasteiger partial charge is 0.265 e. The summed E-state index contributed by atoms with van der Waals surface area (Å²) in [5.41, 5.74) is 1.33. The highest BCUT2D eigenvalue weighted by Crippen LogP contribution is 2.32. The Morgan fingerprint density at radius 2 is 1.79 bits per heavy atom. The molecule has 0 saturated heterocycles. The van der Waals surface area contributed by atoms with E-state index in [0.717, 1.165) is 22.3 Å². The van der Waals surface area contributed by atoms with Crippen LogP contribution in [0.15, 0.2) is 70.8 Å². The van der Waals surface area contributed by atoms with E-state index in [2.05, 4.69) is 20.9 Å². The number of carbonyl (C=O) groups excluding carboxylic acids is 1. The molecule has 0 aliphatic carbocycles. The molecule has 0 spiro atoms. The summed E-state index contributed by atoms with van der Waals surface area (Å²) in [5.74, 6) is -1.87. The zero-order valence-electron chi connectivity index (χ0n) is 21.1. The number of likely N-dealkylation sites (N-methyl/N-ethyl adjacent to an activating group) is 1. The van der Waals surface area contributed by atoms with Crippen molar-refractivity contribution in [2.75, 3.05) is 30.8 Å². The molecule has 3 heterocycles. The quantitative estimate of drug-likeness (QED) is 0.238. The molecule has 198 valence electrons. The zero-order chi connectivity index (χ0) is 27.5. The van der Waals surface area contributed by atoms with Crippen LogP contribution in [-0.4, -0.2) is 40.6 Å². The van der Waals surface area contributed by atoms with Crippen LogP contribution < -0.4 is 21.5 Å². The van der Waals surface area contributed by atoms with Gasteiger partial charge in [0.2, 0.25) is 5.95 Å². The van der Waals surface area contributed by atoms with Gasteiger partial charge in [0.15, 0.2) is 5.65 Å². The highest BCUT2D eigenvalue weighted by molar-refractivity contribution is 7.12. The number of fused-ring (bicyclic) bond motifs is 1. The van der Waals surface area contributed by atoms with E-state index < -0.39 is 22.9 Å². The Hall–Kier alpha value is -4.48. The number of halogens is 2. The number of nitrogens with zero attached hydrogens (tertiary/aromatic N) is 3.